The number of benzene rings is 1. The number of nitrogen functional groups attached to an aromatic ring is 1. The molecule has 0 fully saturated rings. The first-order valence-electron chi connectivity index (χ1n) is 6.17. The number of esters is 1. The number of rotatable bonds is 2. The molecule has 0 aliphatic carbocycles. The van der Waals surface area contributed by atoms with Crippen LogP contribution < -0.4 is 5.73 Å². The maximum Gasteiger partial charge on any atom is 0.357 e. The SMILES string of the molecule is COC(=O)c1c(N)c(C#N)cn1-c1c(C)cc(C)cc1Br. The fourth-order valence-electron chi connectivity index (χ4n) is 2.30. The van der Waals surface area contributed by atoms with Crippen molar-refractivity contribution in [1.82, 2.24) is 4.57 Å². The number of hydrogen-bond donors (Lipinski definition) is 1. The summed E-state index contributed by atoms with van der Waals surface area (Å²) >= 11 is 3.50. The zero-order chi connectivity index (χ0) is 15.7. The van der Waals surface area contributed by atoms with E-state index in [1.54, 1.807) is 10.8 Å². The smallest absolute Gasteiger partial charge is 0.357 e. The highest BCUT2D eigenvalue weighted by atomic mass is 79.9. The first kappa shape index (κ1) is 15.1. The standard InChI is InChI=1S/C15H14BrN3O2/c1-8-4-9(2)13(11(16)5-8)19-7-10(6-17)12(18)14(19)15(20)21-3/h4-5,7H,18H2,1-3H3. The van der Waals surface area contributed by atoms with Crippen LogP contribution in [0.4, 0.5) is 5.69 Å². The summed E-state index contributed by atoms with van der Waals surface area (Å²) in [6, 6.07) is 5.91. The van der Waals surface area contributed by atoms with Crippen molar-refractivity contribution in [3.8, 4) is 11.8 Å². The molecule has 108 valence electrons. The topological polar surface area (TPSA) is 81.0 Å². The molecule has 2 N–H and O–H groups in total. The van der Waals surface area contributed by atoms with Crippen LogP contribution >= 0.6 is 15.9 Å². The summed E-state index contributed by atoms with van der Waals surface area (Å²) < 4.78 is 7.18. The highest BCUT2D eigenvalue weighted by Gasteiger charge is 2.23. The first-order chi connectivity index (χ1) is 9.90. The minimum absolute atomic E-state index is 0.122. The maximum atomic E-state index is 12.0. The molecular weight excluding hydrogens is 334 g/mol. The zero-order valence-electron chi connectivity index (χ0n) is 11.9. The van der Waals surface area contributed by atoms with E-state index in [9.17, 15) is 4.79 Å². The average Bonchev–Trinajstić information content (AvgIpc) is 2.73. The zero-order valence-corrected chi connectivity index (χ0v) is 13.5. The van der Waals surface area contributed by atoms with Gasteiger partial charge < -0.3 is 15.0 Å². The molecule has 0 amide bonds. The fraction of sp³-hybridized carbons (Fsp3) is 0.200. The van der Waals surface area contributed by atoms with E-state index in [-0.39, 0.29) is 16.9 Å². The molecular formula is C15H14BrN3O2. The molecule has 1 heterocycles. The monoisotopic (exact) mass is 347 g/mol. The Hall–Kier alpha value is -2.26. The molecule has 0 radical (unpaired) electrons. The van der Waals surface area contributed by atoms with Gasteiger partial charge in [0.25, 0.3) is 0 Å². The van der Waals surface area contributed by atoms with Crippen LogP contribution in [0.5, 0.6) is 0 Å². The highest BCUT2D eigenvalue weighted by Crippen LogP contribution is 2.31. The first-order valence-corrected chi connectivity index (χ1v) is 6.96. The fourth-order valence-corrected chi connectivity index (χ4v) is 3.17. The summed E-state index contributed by atoms with van der Waals surface area (Å²) in [5.74, 6) is -0.583. The van der Waals surface area contributed by atoms with E-state index in [4.69, 9.17) is 15.7 Å². The lowest BCUT2D eigenvalue weighted by atomic mass is 10.1. The Morgan fingerprint density at radius 3 is 2.62 bits per heavy atom. The molecule has 0 bridgehead atoms. The van der Waals surface area contributed by atoms with Crippen LogP contribution in [0, 0.1) is 25.2 Å². The number of methoxy groups -OCH3 is 1. The quantitative estimate of drug-likeness (QED) is 0.846. The van der Waals surface area contributed by atoms with Crippen LogP contribution in [0.25, 0.3) is 5.69 Å². The van der Waals surface area contributed by atoms with Crippen LogP contribution in [-0.2, 0) is 4.74 Å². The molecule has 21 heavy (non-hydrogen) atoms. The molecule has 1 aromatic heterocycles. The van der Waals surface area contributed by atoms with E-state index in [2.05, 4.69) is 15.9 Å². The largest absolute Gasteiger partial charge is 0.464 e. The van der Waals surface area contributed by atoms with E-state index >= 15 is 0 Å². The predicted octanol–water partition coefficient (Wildman–Crippen LogP) is 3.10. The van der Waals surface area contributed by atoms with Crippen molar-refractivity contribution < 1.29 is 9.53 Å². The van der Waals surface area contributed by atoms with Gasteiger partial charge in [0.2, 0.25) is 0 Å². The Morgan fingerprint density at radius 1 is 1.43 bits per heavy atom. The number of carbonyl (C=O) groups excluding carboxylic acids is 1. The van der Waals surface area contributed by atoms with Gasteiger partial charge in [-0.3, -0.25) is 0 Å². The lowest BCUT2D eigenvalue weighted by Gasteiger charge is -2.14. The Kier molecular flexibility index (Phi) is 4.05. The Morgan fingerprint density at radius 2 is 2.10 bits per heavy atom. The molecule has 0 aliphatic heterocycles. The van der Waals surface area contributed by atoms with E-state index in [0.717, 1.165) is 21.3 Å². The van der Waals surface area contributed by atoms with Crippen molar-refractivity contribution in [3.05, 3.63) is 45.2 Å². The molecule has 2 rings (SSSR count). The molecule has 6 heteroatoms. The molecule has 2 aromatic rings. The number of halogens is 1. The number of aromatic nitrogens is 1. The van der Waals surface area contributed by atoms with Crippen LogP contribution in [-0.4, -0.2) is 17.6 Å². The number of ether oxygens (including phenoxy) is 1. The van der Waals surface area contributed by atoms with Gasteiger partial charge in [-0.2, -0.15) is 5.26 Å². The number of anilines is 1. The van der Waals surface area contributed by atoms with Gasteiger partial charge in [-0.25, -0.2) is 4.79 Å². The number of aryl methyl sites for hydroxylation is 2. The van der Waals surface area contributed by atoms with Gasteiger partial charge in [0.1, 0.15) is 6.07 Å². The van der Waals surface area contributed by atoms with E-state index < -0.39 is 5.97 Å². The van der Waals surface area contributed by atoms with Gasteiger partial charge in [-0.15, -0.1) is 0 Å². The Bertz CT molecular complexity index is 749. The number of carbonyl (C=O) groups is 1. The third-order valence-corrected chi connectivity index (χ3v) is 3.79. The predicted molar refractivity (Wildman–Crippen MR) is 83.4 cm³/mol. The van der Waals surface area contributed by atoms with Gasteiger partial charge in [0.15, 0.2) is 5.69 Å². The number of hydrogen-bond acceptors (Lipinski definition) is 4. The van der Waals surface area contributed by atoms with Crippen LogP contribution in [0.1, 0.15) is 27.2 Å². The molecule has 0 saturated carbocycles. The summed E-state index contributed by atoms with van der Waals surface area (Å²) in [6.45, 7) is 3.91. The minimum atomic E-state index is -0.583. The second-order valence-corrected chi connectivity index (χ2v) is 5.55. The molecule has 0 unspecified atom stereocenters. The average molecular weight is 348 g/mol. The van der Waals surface area contributed by atoms with Gasteiger partial charge in [-0.05, 0) is 47.0 Å². The summed E-state index contributed by atoms with van der Waals surface area (Å²) in [5.41, 5.74) is 9.21. The molecule has 1 aromatic carbocycles. The third kappa shape index (κ3) is 2.52. The highest BCUT2D eigenvalue weighted by molar-refractivity contribution is 9.10. The van der Waals surface area contributed by atoms with Crippen molar-refractivity contribution in [2.75, 3.05) is 12.8 Å². The second-order valence-electron chi connectivity index (χ2n) is 4.69. The number of nitriles is 1. The lowest BCUT2D eigenvalue weighted by molar-refractivity contribution is 0.0593. The second kappa shape index (κ2) is 5.62. The van der Waals surface area contributed by atoms with Gasteiger partial charge in [0, 0.05) is 10.7 Å². The van der Waals surface area contributed by atoms with Crippen molar-refractivity contribution in [3.63, 3.8) is 0 Å². The van der Waals surface area contributed by atoms with E-state index in [1.807, 2.05) is 32.0 Å². The number of nitrogens with two attached hydrogens (primary N) is 1. The summed E-state index contributed by atoms with van der Waals surface area (Å²) in [5, 5.41) is 9.13. The molecule has 0 atom stereocenters. The summed E-state index contributed by atoms with van der Waals surface area (Å²) in [4.78, 5) is 12.0. The Labute approximate surface area is 131 Å². The molecule has 5 nitrogen and oxygen atoms in total. The summed E-state index contributed by atoms with van der Waals surface area (Å²) in [7, 11) is 1.28. The molecule has 0 spiro atoms. The lowest BCUT2D eigenvalue weighted by Crippen LogP contribution is -2.12. The van der Waals surface area contributed by atoms with Crippen LogP contribution in [0.3, 0.4) is 0 Å². The van der Waals surface area contributed by atoms with Crippen LogP contribution in [0.2, 0.25) is 0 Å². The van der Waals surface area contributed by atoms with E-state index in [1.165, 1.54) is 7.11 Å². The molecule has 0 aliphatic rings. The van der Waals surface area contributed by atoms with Gasteiger partial charge in [0.05, 0.1) is 24.0 Å². The maximum absolute atomic E-state index is 12.0. The van der Waals surface area contributed by atoms with Crippen molar-refractivity contribution in [2.24, 2.45) is 0 Å². The third-order valence-electron chi connectivity index (χ3n) is 3.18. The van der Waals surface area contributed by atoms with E-state index in [0.29, 0.717) is 0 Å². The summed E-state index contributed by atoms with van der Waals surface area (Å²) in [6.07, 6.45) is 1.55. The van der Waals surface area contributed by atoms with Crippen molar-refractivity contribution >= 4 is 27.6 Å². The van der Waals surface area contributed by atoms with Crippen LogP contribution in [0.15, 0.2) is 22.8 Å². The Balaban J connectivity index is 2.82. The van der Waals surface area contributed by atoms with Crippen molar-refractivity contribution in [2.45, 2.75) is 13.8 Å². The molecule has 0 saturated heterocycles. The normalized spacial score (nSPS) is 10.2. The van der Waals surface area contributed by atoms with Gasteiger partial charge in [-0.1, -0.05) is 6.07 Å². The van der Waals surface area contributed by atoms with Crippen molar-refractivity contribution in [1.29, 1.82) is 5.26 Å². The van der Waals surface area contributed by atoms with Gasteiger partial charge >= 0.3 is 5.97 Å². The minimum Gasteiger partial charge on any atom is -0.464 e. The number of nitrogens with zero attached hydrogens (tertiary/aromatic N) is 2.